The first-order valence-electron chi connectivity index (χ1n) is 4.67. The van der Waals surface area contributed by atoms with Gasteiger partial charge in [-0.2, -0.15) is 0 Å². The first-order chi connectivity index (χ1) is 5.97. The van der Waals surface area contributed by atoms with Crippen LogP contribution in [0.1, 0.15) is 27.7 Å². The van der Waals surface area contributed by atoms with Gasteiger partial charge in [-0.05, 0) is 24.0 Å². The molecule has 0 amide bonds. The summed E-state index contributed by atoms with van der Waals surface area (Å²) in [5.74, 6) is 1.05. The third-order valence-corrected chi connectivity index (χ3v) is 2.67. The second-order valence-corrected chi connectivity index (χ2v) is 4.60. The van der Waals surface area contributed by atoms with Gasteiger partial charge in [-0.1, -0.05) is 32.9 Å². The number of hydrogen-bond acceptors (Lipinski definition) is 2. The molecule has 0 aromatic rings. The van der Waals surface area contributed by atoms with E-state index in [2.05, 4.69) is 39.2 Å². The molecule has 0 aromatic heterocycles. The average Bonchev–Trinajstić information content (AvgIpc) is 1.98. The predicted molar refractivity (Wildman–Crippen MR) is 63.5 cm³/mol. The molecule has 0 heterocycles. The standard InChI is InChI=1S/C11H21NS/c1-8(2)6-11(13-5)9(3)7-10(4)12/h6-9H,12H2,1-5H3/b10-7-,11-6+. The Morgan fingerprint density at radius 1 is 1.23 bits per heavy atom. The second-order valence-electron chi connectivity index (χ2n) is 3.72. The summed E-state index contributed by atoms with van der Waals surface area (Å²) in [6.45, 7) is 8.51. The summed E-state index contributed by atoms with van der Waals surface area (Å²) in [4.78, 5) is 1.40. The van der Waals surface area contributed by atoms with Gasteiger partial charge in [-0.25, -0.2) is 0 Å². The Kier molecular flexibility index (Phi) is 5.97. The third-order valence-electron chi connectivity index (χ3n) is 1.69. The fourth-order valence-corrected chi connectivity index (χ4v) is 2.06. The molecule has 0 spiro atoms. The number of nitrogens with two attached hydrogens (primary N) is 1. The highest BCUT2D eigenvalue weighted by Gasteiger charge is 2.05. The van der Waals surface area contributed by atoms with Gasteiger partial charge in [-0.15, -0.1) is 11.8 Å². The van der Waals surface area contributed by atoms with Gasteiger partial charge >= 0.3 is 0 Å². The van der Waals surface area contributed by atoms with Gasteiger partial charge in [0.25, 0.3) is 0 Å². The van der Waals surface area contributed by atoms with Crippen molar-refractivity contribution >= 4 is 11.8 Å². The van der Waals surface area contributed by atoms with E-state index in [1.54, 1.807) is 0 Å². The zero-order chi connectivity index (χ0) is 10.4. The topological polar surface area (TPSA) is 26.0 Å². The van der Waals surface area contributed by atoms with E-state index in [0.717, 1.165) is 5.70 Å². The van der Waals surface area contributed by atoms with Crippen molar-refractivity contribution in [2.75, 3.05) is 6.26 Å². The van der Waals surface area contributed by atoms with Crippen molar-refractivity contribution < 1.29 is 0 Å². The van der Waals surface area contributed by atoms with E-state index in [1.165, 1.54) is 4.91 Å². The summed E-state index contributed by atoms with van der Waals surface area (Å²) in [6, 6.07) is 0. The predicted octanol–water partition coefficient (Wildman–Crippen LogP) is 3.39. The molecule has 0 aromatic carbocycles. The molecule has 0 aliphatic carbocycles. The summed E-state index contributed by atoms with van der Waals surface area (Å²) in [6.07, 6.45) is 6.52. The molecular weight excluding hydrogens is 178 g/mol. The molecule has 2 heteroatoms. The molecule has 0 aliphatic heterocycles. The Labute approximate surface area is 86.5 Å². The van der Waals surface area contributed by atoms with Crippen molar-refractivity contribution in [2.45, 2.75) is 27.7 Å². The minimum atomic E-state index is 0.447. The third kappa shape index (κ3) is 5.81. The van der Waals surface area contributed by atoms with Crippen LogP contribution in [0.25, 0.3) is 0 Å². The molecule has 0 saturated carbocycles. The maximum atomic E-state index is 5.64. The summed E-state index contributed by atoms with van der Waals surface area (Å²) >= 11 is 1.81. The number of hydrogen-bond donors (Lipinski definition) is 1. The summed E-state index contributed by atoms with van der Waals surface area (Å²) < 4.78 is 0. The van der Waals surface area contributed by atoms with E-state index >= 15 is 0 Å². The van der Waals surface area contributed by atoms with Crippen LogP contribution >= 0.6 is 11.8 Å². The van der Waals surface area contributed by atoms with Crippen molar-refractivity contribution in [1.29, 1.82) is 0 Å². The van der Waals surface area contributed by atoms with Gasteiger partial charge in [0.1, 0.15) is 0 Å². The van der Waals surface area contributed by atoms with Crippen molar-refractivity contribution in [3.63, 3.8) is 0 Å². The fourth-order valence-electron chi connectivity index (χ4n) is 1.21. The van der Waals surface area contributed by atoms with Crippen LogP contribution in [0, 0.1) is 11.8 Å². The summed E-state index contributed by atoms with van der Waals surface area (Å²) in [7, 11) is 0. The molecule has 0 bridgehead atoms. The van der Waals surface area contributed by atoms with Crippen LogP contribution in [0.15, 0.2) is 22.8 Å². The van der Waals surface area contributed by atoms with E-state index in [-0.39, 0.29) is 0 Å². The van der Waals surface area contributed by atoms with E-state index in [1.807, 2.05) is 18.7 Å². The van der Waals surface area contributed by atoms with E-state index < -0.39 is 0 Å². The van der Waals surface area contributed by atoms with Gasteiger partial charge in [0.15, 0.2) is 0 Å². The molecule has 13 heavy (non-hydrogen) atoms. The second kappa shape index (κ2) is 6.14. The van der Waals surface area contributed by atoms with Gasteiger partial charge in [0.05, 0.1) is 0 Å². The van der Waals surface area contributed by atoms with Crippen LogP contribution in [0.3, 0.4) is 0 Å². The fraction of sp³-hybridized carbons (Fsp3) is 0.636. The van der Waals surface area contributed by atoms with E-state index in [4.69, 9.17) is 5.73 Å². The minimum absolute atomic E-state index is 0.447. The molecule has 0 rings (SSSR count). The van der Waals surface area contributed by atoms with E-state index in [0.29, 0.717) is 11.8 Å². The Morgan fingerprint density at radius 3 is 2.08 bits per heavy atom. The summed E-state index contributed by atoms with van der Waals surface area (Å²) in [5.41, 5.74) is 6.54. The number of rotatable bonds is 4. The Balaban J connectivity index is 4.50. The van der Waals surface area contributed by atoms with Crippen LogP contribution in [-0.4, -0.2) is 6.26 Å². The van der Waals surface area contributed by atoms with Crippen molar-refractivity contribution in [3.05, 3.63) is 22.8 Å². The highest BCUT2D eigenvalue weighted by molar-refractivity contribution is 8.02. The van der Waals surface area contributed by atoms with Gasteiger partial charge in [-0.3, -0.25) is 0 Å². The zero-order valence-corrected chi connectivity index (χ0v) is 10.1. The highest BCUT2D eigenvalue weighted by Crippen LogP contribution is 2.24. The van der Waals surface area contributed by atoms with Crippen LogP contribution in [0.2, 0.25) is 0 Å². The maximum absolute atomic E-state index is 5.64. The highest BCUT2D eigenvalue weighted by atomic mass is 32.2. The van der Waals surface area contributed by atoms with Crippen LogP contribution in [0.4, 0.5) is 0 Å². The van der Waals surface area contributed by atoms with Crippen molar-refractivity contribution in [2.24, 2.45) is 17.6 Å². The van der Waals surface area contributed by atoms with Crippen molar-refractivity contribution in [1.82, 2.24) is 0 Å². The quantitative estimate of drug-likeness (QED) is 0.751. The molecule has 1 nitrogen and oxygen atoms in total. The lowest BCUT2D eigenvalue weighted by molar-refractivity contribution is 0.801. The molecule has 0 aliphatic rings. The van der Waals surface area contributed by atoms with Crippen molar-refractivity contribution in [3.8, 4) is 0 Å². The Bertz CT molecular complexity index is 200. The number of allylic oxidation sites excluding steroid dienone is 4. The van der Waals surface area contributed by atoms with Gasteiger partial charge in [0, 0.05) is 11.6 Å². The monoisotopic (exact) mass is 199 g/mol. The molecule has 0 fully saturated rings. The molecule has 2 N–H and O–H groups in total. The van der Waals surface area contributed by atoms with Crippen LogP contribution in [0.5, 0.6) is 0 Å². The molecule has 1 atom stereocenters. The average molecular weight is 199 g/mol. The first kappa shape index (κ1) is 12.6. The molecular formula is C11H21NS. The first-order valence-corrected chi connectivity index (χ1v) is 5.89. The lowest BCUT2D eigenvalue weighted by atomic mass is 10.1. The van der Waals surface area contributed by atoms with Crippen LogP contribution in [-0.2, 0) is 0 Å². The van der Waals surface area contributed by atoms with Gasteiger partial charge in [0.2, 0.25) is 0 Å². The Hall–Kier alpha value is -0.370. The largest absolute Gasteiger partial charge is 0.403 e. The smallest absolute Gasteiger partial charge is 0.00661 e. The lowest BCUT2D eigenvalue weighted by Gasteiger charge is -2.11. The van der Waals surface area contributed by atoms with Crippen LogP contribution < -0.4 is 5.73 Å². The Morgan fingerprint density at radius 2 is 1.77 bits per heavy atom. The van der Waals surface area contributed by atoms with E-state index in [9.17, 15) is 0 Å². The minimum Gasteiger partial charge on any atom is -0.403 e. The SMILES string of the molecule is CS/C(=C/C(C)C)C(C)/C=C(/C)N. The molecule has 0 saturated heterocycles. The molecule has 76 valence electrons. The molecule has 0 radical (unpaired) electrons. The summed E-state index contributed by atoms with van der Waals surface area (Å²) in [5, 5.41) is 0. The maximum Gasteiger partial charge on any atom is 0.00661 e. The lowest BCUT2D eigenvalue weighted by Crippen LogP contribution is -1.99. The van der Waals surface area contributed by atoms with Gasteiger partial charge < -0.3 is 5.73 Å². The number of thioether (sulfide) groups is 1. The zero-order valence-electron chi connectivity index (χ0n) is 9.29. The molecule has 1 unspecified atom stereocenters. The normalized spacial score (nSPS) is 16.5.